The second kappa shape index (κ2) is 10.9. The molecule has 2 aromatic rings. The van der Waals surface area contributed by atoms with Crippen molar-refractivity contribution in [2.45, 2.75) is 71.7 Å². The van der Waals surface area contributed by atoms with Crippen LogP contribution in [-0.2, 0) is 20.7 Å². The molecule has 4 atom stereocenters. The first kappa shape index (κ1) is 27.5. The average Bonchev–Trinajstić information content (AvgIpc) is 3.16. The van der Waals surface area contributed by atoms with Gasteiger partial charge in [0.25, 0.3) is 5.91 Å². The Hall–Kier alpha value is -3.06. The van der Waals surface area contributed by atoms with Gasteiger partial charge in [-0.1, -0.05) is 43.3 Å². The van der Waals surface area contributed by atoms with E-state index in [2.05, 4.69) is 0 Å². The second-order valence-electron chi connectivity index (χ2n) is 10.9. The van der Waals surface area contributed by atoms with Gasteiger partial charge in [-0.2, -0.15) is 0 Å². The van der Waals surface area contributed by atoms with Gasteiger partial charge < -0.3 is 24.2 Å². The second-order valence-corrected chi connectivity index (χ2v) is 10.9. The predicted molar refractivity (Wildman–Crippen MR) is 138 cm³/mol. The number of carbonyl (C=O) groups is 2. The summed E-state index contributed by atoms with van der Waals surface area (Å²) in [5.74, 6) is 0.308. The molecule has 1 fully saturated rings. The molecule has 1 heterocycles. The van der Waals surface area contributed by atoms with Crippen molar-refractivity contribution in [3.8, 4) is 11.5 Å². The molecule has 0 spiro atoms. The molecule has 36 heavy (non-hydrogen) atoms. The Kier molecular flexibility index (Phi) is 8.34. The number of likely N-dealkylation sites (tertiary alicyclic amines) is 1. The number of hydrogen-bond acceptors (Lipinski definition) is 6. The molecular weight excluding hydrogens is 458 g/mol. The molecule has 1 aliphatic heterocycles. The normalized spacial score (nSPS) is 21.6. The number of rotatable bonds is 8. The molecule has 4 unspecified atom stereocenters. The van der Waals surface area contributed by atoms with Crippen LogP contribution in [-0.4, -0.2) is 59.9 Å². The summed E-state index contributed by atoms with van der Waals surface area (Å²) in [4.78, 5) is 27.2. The first-order valence-electron chi connectivity index (χ1n) is 12.4. The highest BCUT2D eigenvalue weighted by atomic mass is 16.5. The van der Waals surface area contributed by atoms with Crippen molar-refractivity contribution in [1.29, 1.82) is 0 Å². The third-order valence-electron chi connectivity index (χ3n) is 6.85. The van der Waals surface area contributed by atoms with Crippen LogP contribution >= 0.6 is 0 Å². The number of carbonyl (C=O) groups excluding carboxylic acids is 2. The van der Waals surface area contributed by atoms with E-state index in [9.17, 15) is 14.7 Å². The summed E-state index contributed by atoms with van der Waals surface area (Å²) >= 11 is 0. The van der Waals surface area contributed by atoms with Crippen molar-refractivity contribution in [3.63, 3.8) is 0 Å². The van der Waals surface area contributed by atoms with Gasteiger partial charge in [0.1, 0.15) is 5.60 Å². The number of benzene rings is 2. The lowest BCUT2D eigenvalue weighted by Gasteiger charge is -2.34. The van der Waals surface area contributed by atoms with Crippen LogP contribution in [0.25, 0.3) is 0 Å². The summed E-state index contributed by atoms with van der Waals surface area (Å²) in [6.45, 7) is 11.7. The lowest BCUT2D eigenvalue weighted by molar-refractivity contribution is -0.158. The van der Waals surface area contributed by atoms with Crippen LogP contribution in [0, 0.1) is 5.41 Å². The highest BCUT2D eigenvalue weighted by molar-refractivity contribution is 5.84. The van der Waals surface area contributed by atoms with Gasteiger partial charge in [-0.15, -0.1) is 0 Å². The minimum Gasteiger partial charge on any atom is -0.493 e. The quantitative estimate of drug-likeness (QED) is 0.546. The number of aliphatic hydroxyl groups is 1. The summed E-state index contributed by atoms with van der Waals surface area (Å²) in [7, 11) is 1.60. The van der Waals surface area contributed by atoms with E-state index >= 15 is 0 Å². The van der Waals surface area contributed by atoms with Gasteiger partial charge in [0, 0.05) is 37.8 Å². The van der Waals surface area contributed by atoms with E-state index < -0.39 is 29.2 Å². The monoisotopic (exact) mass is 497 g/mol. The molecule has 1 N–H and O–H groups in total. The Balaban J connectivity index is 1.93. The number of amides is 1. The fraction of sp³-hybridized carbons (Fsp3) is 0.517. The van der Waals surface area contributed by atoms with E-state index in [1.54, 1.807) is 18.9 Å². The average molecular weight is 498 g/mol. The maximum absolute atomic E-state index is 13.7. The minimum atomic E-state index is -0.933. The van der Waals surface area contributed by atoms with Crippen LogP contribution in [0.2, 0.25) is 0 Å². The van der Waals surface area contributed by atoms with E-state index in [4.69, 9.17) is 14.2 Å². The molecule has 0 saturated carbocycles. The lowest BCUT2D eigenvalue weighted by atomic mass is 9.72. The topological polar surface area (TPSA) is 85.3 Å². The van der Waals surface area contributed by atoms with Gasteiger partial charge in [0.2, 0.25) is 0 Å². The Morgan fingerprint density at radius 3 is 2.36 bits per heavy atom. The van der Waals surface area contributed by atoms with Crippen molar-refractivity contribution < 1.29 is 28.9 Å². The van der Waals surface area contributed by atoms with E-state index in [1.165, 1.54) is 6.92 Å². The number of aliphatic hydroxyl groups excluding tert-OH is 1. The van der Waals surface area contributed by atoms with Crippen molar-refractivity contribution in [2.24, 2.45) is 5.41 Å². The van der Waals surface area contributed by atoms with E-state index in [-0.39, 0.29) is 18.2 Å². The third-order valence-corrected chi connectivity index (χ3v) is 6.85. The first-order valence-corrected chi connectivity index (χ1v) is 12.4. The van der Waals surface area contributed by atoms with Gasteiger partial charge >= 0.3 is 5.97 Å². The zero-order chi connectivity index (χ0) is 26.7. The molecule has 0 radical (unpaired) electrons. The van der Waals surface area contributed by atoms with Crippen molar-refractivity contribution in [3.05, 3.63) is 59.7 Å². The largest absolute Gasteiger partial charge is 0.493 e. The molecule has 3 rings (SSSR count). The SMILES string of the molecule is COc1ccc(C2CN(C(=O)C(Cc3ccccc3)OC(C)=O)CC2(C)C(C)O)cc1OC(C)(C)C. The summed E-state index contributed by atoms with van der Waals surface area (Å²) < 4.78 is 17.1. The number of methoxy groups -OCH3 is 1. The number of hydrogen-bond donors (Lipinski definition) is 1. The van der Waals surface area contributed by atoms with Gasteiger partial charge in [0.15, 0.2) is 17.6 Å². The molecular formula is C29H39NO6. The van der Waals surface area contributed by atoms with Gasteiger partial charge in [-0.05, 0) is 51.0 Å². The third kappa shape index (κ3) is 6.38. The van der Waals surface area contributed by atoms with Crippen molar-refractivity contribution in [1.82, 2.24) is 4.90 Å². The van der Waals surface area contributed by atoms with Crippen LogP contribution < -0.4 is 9.47 Å². The Bertz CT molecular complexity index is 1060. The summed E-state index contributed by atoms with van der Waals surface area (Å²) in [5.41, 5.74) is 0.814. The Labute approximate surface area is 214 Å². The number of esters is 1. The molecule has 1 aliphatic rings. The van der Waals surface area contributed by atoms with Crippen molar-refractivity contribution in [2.75, 3.05) is 20.2 Å². The molecule has 7 heteroatoms. The number of nitrogens with zero attached hydrogens (tertiary/aromatic N) is 1. The molecule has 196 valence electrons. The molecule has 1 amide bonds. The Morgan fingerprint density at radius 2 is 1.81 bits per heavy atom. The highest BCUT2D eigenvalue weighted by Crippen LogP contribution is 2.47. The van der Waals surface area contributed by atoms with Crippen LogP contribution in [0.4, 0.5) is 0 Å². The zero-order valence-electron chi connectivity index (χ0n) is 22.4. The molecule has 0 aliphatic carbocycles. The van der Waals surface area contributed by atoms with Gasteiger partial charge in [-0.25, -0.2) is 0 Å². The molecule has 0 bridgehead atoms. The van der Waals surface area contributed by atoms with Crippen LogP contribution in [0.1, 0.15) is 58.6 Å². The lowest BCUT2D eigenvalue weighted by Crippen LogP contribution is -2.43. The Morgan fingerprint density at radius 1 is 1.14 bits per heavy atom. The van der Waals surface area contributed by atoms with Gasteiger partial charge in [0.05, 0.1) is 13.2 Å². The van der Waals surface area contributed by atoms with E-state index in [1.807, 2.05) is 76.2 Å². The zero-order valence-corrected chi connectivity index (χ0v) is 22.4. The van der Waals surface area contributed by atoms with Crippen molar-refractivity contribution >= 4 is 11.9 Å². The summed E-state index contributed by atoms with van der Waals surface area (Å²) in [5, 5.41) is 10.8. The van der Waals surface area contributed by atoms with Crippen LogP contribution in [0.15, 0.2) is 48.5 Å². The summed E-state index contributed by atoms with van der Waals surface area (Å²) in [6.07, 6.45) is -1.33. The maximum atomic E-state index is 13.7. The van der Waals surface area contributed by atoms with Crippen LogP contribution in [0.5, 0.6) is 11.5 Å². The maximum Gasteiger partial charge on any atom is 0.303 e. The molecule has 7 nitrogen and oxygen atoms in total. The smallest absolute Gasteiger partial charge is 0.303 e. The standard InChI is InChI=1S/C29H39NO6/c1-19(31)29(6)18-30(27(33)26(35-20(2)32)15-21-11-9-8-10-12-21)17-23(29)22-13-14-24(34-7)25(16-22)36-28(3,4)5/h8-14,16,19,23,26,31H,15,17-18H2,1-7H3. The van der Waals surface area contributed by atoms with E-state index in [0.29, 0.717) is 24.6 Å². The highest BCUT2D eigenvalue weighted by Gasteiger charge is 2.49. The minimum absolute atomic E-state index is 0.163. The molecule has 1 saturated heterocycles. The van der Waals surface area contributed by atoms with Crippen LogP contribution in [0.3, 0.4) is 0 Å². The number of ether oxygens (including phenoxy) is 3. The fourth-order valence-corrected chi connectivity index (χ4v) is 4.82. The molecule has 2 aromatic carbocycles. The first-order chi connectivity index (χ1) is 16.8. The van der Waals surface area contributed by atoms with Gasteiger partial charge in [-0.3, -0.25) is 9.59 Å². The fourth-order valence-electron chi connectivity index (χ4n) is 4.82. The summed E-state index contributed by atoms with van der Waals surface area (Å²) in [6, 6.07) is 15.3. The predicted octanol–water partition coefficient (Wildman–Crippen LogP) is 4.36. The van der Waals surface area contributed by atoms with E-state index in [0.717, 1.165) is 11.1 Å². The molecule has 0 aromatic heterocycles.